The van der Waals surface area contributed by atoms with Gasteiger partial charge in [-0.1, -0.05) is 13.8 Å². The highest BCUT2D eigenvalue weighted by Crippen LogP contribution is 2.29. The highest BCUT2D eigenvalue weighted by Gasteiger charge is 2.24. The van der Waals surface area contributed by atoms with Crippen LogP contribution in [0.3, 0.4) is 0 Å². The van der Waals surface area contributed by atoms with Crippen LogP contribution in [0.5, 0.6) is 0 Å². The number of thiol groups is 1. The van der Waals surface area contributed by atoms with Crippen LogP contribution < -0.4 is 0 Å². The SMILES string of the molecule is COC(=O)c1c(-c2ccc(F)cc2)nc(CS)nc1C(C)C. The number of hydrogen-bond acceptors (Lipinski definition) is 5. The molecular formula is C16H17FN2O2S. The van der Waals surface area contributed by atoms with Crippen LogP contribution in [0.4, 0.5) is 4.39 Å². The van der Waals surface area contributed by atoms with Crippen molar-refractivity contribution in [2.45, 2.75) is 25.5 Å². The van der Waals surface area contributed by atoms with Crippen molar-refractivity contribution in [2.75, 3.05) is 7.11 Å². The molecule has 0 aliphatic carbocycles. The van der Waals surface area contributed by atoms with Gasteiger partial charge in [0.25, 0.3) is 0 Å². The monoisotopic (exact) mass is 320 g/mol. The summed E-state index contributed by atoms with van der Waals surface area (Å²) >= 11 is 4.21. The lowest BCUT2D eigenvalue weighted by Gasteiger charge is -2.15. The topological polar surface area (TPSA) is 52.1 Å². The minimum atomic E-state index is -0.506. The first-order chi connectivity index (χ1) is 10.5. The van der Waals surface area contributed by atoms with Crippen molar-refractivity contribution >= 4 is 18.6 Å². The Balaban J connectivity index is 2.76. The molecule has 0 unspecified atom stereocenters. The molecule has 0 bridgehead atoms. The van der Waals surface area contributed by atoms with Gasteiger partial charge >= 0.3 is 5.97 Å². The van der Waals surface area contributed by atoms with E-state index >= 15 is 0 Å². The number of esters is 1. The van der Waals surface area contributed by atoms with Crippen molar-refractivity contribution in [2.24, 2.45) is 0 Å². The van der Waals surface area contributed by atoms with Gasteiger partial charge in [0.05, 0.1) is 24.3 Å². The number of carbonyl (C=O) groups is 1. The number of carbonyl (C=O) groups excluding carboxylic acids is 1. The Bertz CT molecular complexity index is 687. The zero-order valence-corrected chi connectivity index (χ0v) is 13.5. The summed E-state index contributed by atoms with van der Waals surface area (Å²) < 4.78 is 18.0. The molecule has 0 fully saturated rings. The number of nitrogens with zero attached hydrogens (tertiary/aromatic N) is 2. The molecule has 0 radical (unpaired) electrons. The predicted octanol–water partition coefficient (Wildman–Crippen LogP) is 3.62. The molecule has 1 heterocycles. The smallest absolute Gasteiger partial charge is 0.341 e. The molecule has 0 spiro atoms. The van der Waals surface area contributed by atoms with Crippen LogP contribution in [0.15, 0.2) is 24.3 Å². The summed E-state index contributed by atoms with van der Waals surface area (Å²) in [4.78, 5) is 21.0. The lowest BCUT2D eigenvalue weighted by molar-refractivity contribution is 0.0599. The summed E-state index contributed by atoms with van der Waals surface area (Å²) in [6, 6.07) is 5.81. The van der Waals surface area contributed by atoms with Crippen molar-refractivity contribution in [3.8, 4) is 11.3 Å². The van der Waals surface area contributed by atoms with E-state index in [0.29, 0.717) is 34.1 Å². The molecule has 0 saturated heterocycles. The molecule has 1 aromatic heterocycles. The Kier molecular flexibility index (Phi) is 5.13. The largest absolute Gasteiger partial charge is 0.465 e. The average molecular weight is 320 g/mol. The van der Waals surface area contributed by atoms with E-state index < -0.39 is 5.97 Å². The van der Waals surface area contributed by atoms with Crippen LogP contribution in [0.2, 0.25) is 0 Å². The standard InChI is InChI=1S/C16H17FN2O2S/c1-9(2)14-13(16(20)21-3)15(19-12(8-22)18-14)10-4-6-11(17)7-5-10/h4-7,9,22H,8H2,1-3H3. The maximum Gasteiger partial charge on any atom is 0.341 e. The lowest BCUT2D eigenvalue weighted by Crippen LogP contribution is -2.14. The molecule has 1 aromatic carbocycles. The van der Waals surface area contributed by atoms with Gasteiger partial charge in [0, 0.05) is 5.56 Å². The summed E-state index contributed by atoms with van der Waals surface area (Å²) in [6.45, 7) is 3.87. The van der Waals surface area contributed by atoms with Gasteiger partial charge in [0.2, 0.25) is 0 Å². The molecule has 2 aromatic rings. The minimum absolute atomic E-state index is 0.00920. The van der Waals surface area contributed by atoms with E-state index in [0.717, 1.165) is 0 Å². The lowest BCUT2D eigenvalue weighted by atomic mass is 9.98. The van der Waals surface area contributed by atoms with Gasteiger partial charge < -0.3 is 4.74 Å². The first kappa shape index (κ1) is 16.4. The van der Waals surface area contributed by atoms with Crippen LogP contribution in [-0.4, -0.2) is 23.0 Å². The molecule has 0 saturated carbocycles. The fourth-order valence-corrected chi connectivity index (χ4v) is 2.28. The van der Waals surface area contributed by atoms with E-state index in [1.54, 1.807) is 12.1 Å². The van der Waals surface area contributed by atoms with Crippen LogP contribution in [0.25, 0.3) is 11.3 Å². The van der Waals surface area contributed by atoms with E-state index in [-0.39, 0.29) is 11.7 Å². The van der Waals surface area contributed by atoms with Crippen molar-refractivity contribution in [3.05, 3.63) is 47.2 Å². The second-order valence-corrected chi connectivity index (χ2v) is 5.38. The van der Waals surface area contributed by atoms with Gasteiger partial charge in [-0.25, -0.2) is 19.2 Å². The maximum absolute atomic E-state index is 13.1. The van der Waals surface area contributed by atoms with Crippen molar-refractivity contribution in [1.82, 2.24) is 9.97 Å². The van der Waals surface area contributed by atoms with Crippen molar-refractivity contribution in [3.63, 3.8) is 0 Å². The van der Waals surface area contributed by atoms with E-state index in [1.165, 1.54) is 19.2 Å². The number of aromatic nitrogens is 2. The van der Waals surface area contributed by atoms with E-state index in [1.807, 2.05) is 13.8 Å². The fourth-order valence-electron chi connectivity index (χ4n) is 2.13. The third kappa shape index (κ3) is 3.27. The summed E-state index contributed by atoms with van der Waals surface area (Å²) in [5.74, 6) is 0.00800. The molecule has 116 valence electrons. The molecule has 6 heteroatoms. The van der Waals surface area contributed by atoms with Gasteiger partial charge in [0.15, 0.2) is 0 Å². The summed E-state index contributed by atoms with van der Waals surface area (Å²) in [5.41, 5.74) is 1.99. The third-order valence-corrected chi connectivity index (χ3v) is 3.46. The molecule has 0 aliphatic heterocycles. The number of benzene rings is 1. The van der Waals surface area contributed by atoms with Gasteiger partial charge in [0.1, 0.15) is 17.2 Å². The second-order valence-electron chi connectivity index (χ2n) is 5.06. The van der Waals surface area contributed by atoms with Gasteiger partial charge in [-0.3, -0.25) is 0 Å². The van der Waals surface area contributed by atoms with Crippen LogP contribution >= 0.6 is 12.6 Å². The number of halogens is 1. The number of methoxy groups -OCH3 is 1. The highest BCUT2D eigenvalue weighted by molar-refractivity contribution is 7.79. The van der Waals surface area contributed by atoms with E-state index in [9.17, 15) is 9.18 Å². The van der Waals surface area contributed by atoms with Gasteiger partial charge in [-0.2, -0.15) is 12.6 Å². The minimum Gasteiger partial charge on any atom is -0.465 e. The predicted molar refractivity (Wildman–Crippen MR) is 85.5 cm³/mol. The summed E-state index contributed by atoms with van der Waals surface area (Å²) in [6.07, 6.45) is 0. The summed E-state index contributed by atoms with van der Waals surface area (Å²) in [5, 5.41) is 0. The Morgan fingerprint density at radius 2 is 1.91 bits per heavy atom. The number of hydrogen-bond donors (Lipinski definition) is 1. The Morgan fingerprint density at radius 1 is 1.27 bits per heavy atom. The fraction of sp³-hybridized carbons (Fsp3) is 0.312. The molecule has 22 heavy (non-hydrogen) atoms. The highest BCUT2D eigenvalue weighted by atomic mass is 32.1. The van der Waals surface area contributed by atoms with E-state index in [4.69, 9.17) is 4.74 Å². The van der Waals surface area contributed by atoms with Crippen LogP contribution in [-0.2, 0) is 10.5 Å². The Hall–Kier alpha value is -1.95. The van der Waals surface area contributed by atoms with Crippen LogP contribution in [0, 0.1) is 5.82 Å². The second kappa shape index (κ2) is 6.87. The zero-order valence-electron chi connectivity index (χ0n) is 12.6. The third-order valence-electron chi connectivity index (χ3n) is 3.18. The number of rotatable bonds is 4. The molecule has 0 amide bonds. The molecular weight excluding hydrogens is 303 g/mol. The van der Waals surface area contributed by atoms with E-state index in [2.05, 4.69) is 22.6 Å². The normalized spacial score (nSPS) is 10.8. The average Bonchev–Trinajstić information content (AvgIpc) is 2.53. The number of ether oxygens (including phenoxy) is 1. The first-order valence-corrected chi connectivity index (χ1v) is 7.47. The molecule has 0 atom stereocenters. The zero-order chi connectivity index (χ0) is 16.3. The van der Waals surface area contributed by atoms with Crippen LogP contribution in [0.1, 0.15) is 41.6 Å². The molecule has 2 rings (SSSR count). The van der Waals surface area contributed by atoms with Crippen molar-refractivity contribution < 1.29 is 13.9 Å². The van der Waals surface area contributed by atoms with Gasteiger partial charge in [-0.15, -0.1) is 0 Å². The summed E-state index contributed by atoms with van der Waals surface area (Å²) in [7, 11) is 1.31. The quantitative estimate of drug-likeness (QED) is 0.690. The van der Waals surface area contributed by atoms with Crippen molar-refractivity contribution in [1.29, 1.82) is 0 Å². The molecule has 4 nitrogen and oxygen atoms in total. The Labute approximate surface area is 134 Å². The Morgan fingerprint density at radius 3 is 2.41 bits per heavy atom. The first-order valence-electron chi connectivity index (χ1n) is 6.83. The molecule has 0 N–H and O–H groups in total. The molecule has 0 aliphatic rings. The van der Waals surface area contributed by atoms with Gasteiger partial charge in [-0.05, 0) is 30.2 Å². The maximum atomic E-state index is 13.1.